The Labute approximate surface area is 178 Å². The van der Waals surface area contributed by atoms with Crippen LogP contribution in [-0.2, 0) is 28.9 Å². The molecule has 0 fully saturated rings. The summed E-state index contributed by atoms with van der Waals surface area (Å²) in [5, 5.41) is 3.25. The first-order chi connectivity index (χ1) is 14.3. The molecule has 0 unspecified atom stereocenters. The molecule has 1 aliphatic rings. The average Bonchev–Trinajstić information content (AvgIpc) is 3.05. The number of nitrogens with two attached hydrogens (primary N) is 1. The Kier molecular flexibility index (Phi) is 6.61. The molecule has 3 amide bonds. The van der Waals surface area contributed by atoms with Gasteiger partial charge in [-0.05, 0) is 43.0 Å². The number of benzene rings is 1. The molecule has 0 radical (unpaired) electrons. The number of carbonyl (C=O) groups excluding carboxylic acids is 3. The number of ether oxygens (including phenoxy) is 2. The van der Waals surface area contributed by atoms with Crippen LogP contribution in [0.15, 0.2) is 18.2 Å². The molecule has 3 N–H and O–H groups in total. The van der Waals surface area contributed by atoms with E-state index in [1.165, 1.54) is 11.3 Å². The van der Waals surface area contributed by atoms with Gasteiger partial charge in [0.1, 0.15) is 10.8 Å². The summed E-state index contributed by atoms with van der Waals surface area (Å²) in [6, 6.07) is 5.54. The Morgan fingerprint density at radius 3 is 2.70 bits per heavy atom. The molecule has 3 rings (SSSR count). The maximum Gasteiger partial charge on any atom is 0.410 e. The Morgan fingerprint density at radius 1 is 1.30 bits per heavy atom. The zero-order chi connectivity index (χ0) is 21.8. The van der Waals surface area contributed by atoms with Crippen LogP contribution in [0.1, 0.15) is 38.8 Å². The fraction of sp³-hybridized carbons (Fsp3) is 0.381. The van der Waals surface area contributed by atoms with Crippen LogP contribution in [-0.4, -0.2) is 43.1 Å². The summed E-state index contributed by atoms with van der Waals surface area (Å²) in [5.74, 6) is -0.0807. The molecular weight excluding hydrogens is 406 g/mol. The molecule has 30 heavy (non-hydrogen) atoms. The number of anilines is 1. The molecule has 9 heteroatoms. The van der Waals surface area contributed by atoms with Gasteiger partial charge in [-0.15, -0.1) is 11.3 Å². The largest absolute Gasteiger partial charge is 0.496 e. The van der Waals surface area contributed by atoms with E-state index in [-0.39, 0.29) is 12.3 Å². The number of amides is 3. The lowest BCUT2D eigenvalue weighted by Crippen LogP contribution is -2.36. The van der Waals surface area contributed by atoms with Crippen molar-refractivity contribution in [2.24, 2.45) is 5.73 Å². The van der Waals surface area contributed by atoms with Gasteiger partial charge in [-0.1, -0.05) is 12.1 Å². The first-order valence-electron chi connectivity index (χ1n) is 9.63. The van der Waals surface area contributed by atoms with Gasteiger partial charge in [-0.2, -0.15) is 0 Å². The Morgan fingerprint density at radius 2 is 2.07 bits per heavy atom. The summed E-state index contributed by atoms with van der Waals surface area (Å²) in [5.41, 5.74) is 8.50. The molecule has 1 aromatic carbocycles. The SMILES string of the molecule is CCOC(=O)N1CCc2c(sc(NC(=O)Cc3ccc(OC)c(C)c3)c2C(N)=O)C1. The summed E-state index contributed by atoms with van der Waals surface area (Å²) in [6.45, 7) is 4.72. The van der Waals surface area contributed by atoms with Gasteiger partial charge in [0.25, 0.3) is 5.91 Å². The normalized spacial score (nSPS) is 12.8. The first kappa shape index (κ1) is 21.6. The summed E-state index contributed by atoms with van der Waals surface area (Å²) >= 11 is 1.28. The van der Waals surface area contributed by atoms with Crippen molar-refractivity contribution >= 4 is 34.2 Å². The number of primary amides is 1. The zero-order valence-electron chi connectivity index (χ0n) is 17.2. The lowest BCUT2D eigenvalue weighted by molar-refractivity contribution is -0.115. The lowest BCUT2D eigenvalue weighted by atomic mass is 10.0. The van der Waals surface area contributed by atoms with Crippen molar-refractivity contribution in [1.29, 1.82) is 0 Å². The van der Waals surface area contributed by atoms with E-state index in [0.717, 1.165) is 27.3 Å². The summed E-state index contributed by atoms with van der Waals surface area (Å²) in [6.07, 6.45) is 0.245. The van der Waals surface area contributed by atoms with Crippen molar-refractivity contribution in [3.8, 4) is 5.75 Å². The molecule has 0 spiro atoms. The molecule has 0 saturated heterocycles. The number of hydrogen-bond donors (Lipinski definition) is 2. The summed E-state index contributed by atoms with van der Waals surface area (Å²) in [4.78, 5) is 39.1. The number of nitrogens with zero attached hydrogens (tertiary/aromatic N) is 1. The maximum atomic E-state index is 12.6. The maximum absolute atomic E-state index is 12.6. The monoisotopic (exact) mass is 431 g/mol. The predicted octanol–water partition coefficient (Wildman–Crippen LogP) is 2.86. The third kappa shape index (κ3) is 4.56. The highest BCUT2D eigenvalue weighted by Gasteiger charge is 2.30. The standard InChI is InChI=1S/C21H25N3O5S/c1-4-29-21(27)24-8-7-14-16(11-24)30-20(18(14)19(22)26)23-17(25)10-13-5-6-15(28-3)12(2)9-13/h5-6,9H,4,7-8,10-11H2,1-3H3,(H2,22,26)(H,23,25). The molecule has 1 aliphatic heterocycles. The zero-order valence-corrected chi connectivity index (χ0v) is 18.1. The van der Waals surface area contributed by atoms with Gasteiger partial charge in [-0.25, -0.2) is 4.79 Å². The van der Waals surface area contributed by atoms with Gasteiger partial charge >= 0.3 is 6.09 Å². The molecule has 0 saturated carbocycles. The lowest BCUT2D eigenvalue weighted by Gasteiger charge is -2.26. The van der Waals surface area contributed by atoms with Gasteiger partial charge in [-0.3, -0.25) is 9.59 Å². The van der Waals surface area contributed by atoms with E-state index >= 15 is 0 Å². The molecule has 2 heterocycles. The molecule has 1 aromatic heterocycles. The van der Waals surface area contributed by atoms with Crippen molar-refractivity contribution in [2.45, 2.75) is 33.2 Å². The number of thiophene rings is 1. The van der Waals surface area contributed by atoms with Gasteiger partial charge in [0.15, 0.2) is 0 Å². The van der Waals surface area contributed by atoms with Crippen LogP contribution in [0, 0.1) is 6.92 Å². The second-order valence-corrected chi connectivity index (χ2v) is 8.08. The van der Waals surface area contributed by atoms with Crippen molar-refractivity contribution in [3.05, 3.63) is 45.3 Å². The smallest absolute Gasteiger partial charge is 0.410 e. The van der Waals surface area contributed by atoms with Gasteiger partial charge in [0.2, 0.25) is 5.91 Å². The summed E-state index contributed by atoms with van der Waals surface area (Å²) < 4.78 is 10.3. The minimum absolute atomic E-state index is 0.153. The van der Waals surface area contributed by atoms with Gasteiger partial charge in [0.05, 0.1) is 32.2 Å². The average molecular weight is 432 g/mol. The Bertz CT molecular complexity index is 985. The third-order valence-corrected chi connectivity index (χ3v) is 6.04. The fourth-order valence-electron chi connectivity index (χ4n) is 3.53. The van der Waals surface area contributed by atoms with Crippen LogP contribution in [0.3, 0.4) is 0 Å². The minimum Gasteiger partial charge on any atom is -0.496 e. The number of carbonyl (C=O) groups is 3. The van der Waals surface area contributed by atoms with Crippen molar-refractivity contribution in [2.75, 3.05) is 25.6 Å². The highest BCUT2D eigenvalue weighted by atomic mass is 32.1. The van der Waals surface area contributed by atoms with Crippen molar-refractivity contribution < 1.29 is 23.9 Å². The topological polar surface area (TPSA) is 111 Å². The van der Waals surface area contributed by atoms with E-state index in [1.54, 1.807) is 18.9 Å². The molecular formula is C21H25N3O5S. The van der Waals surface area contributed by atoms with Gasteiger partial charge in [0, 0.05) is 11.4 Å². The second-order valence-electron chi connectivity index (χ2n) is 6.97. The van der Waals surface area contributed by atoms with Crippen LogP contribution in [0.4, 0.5) is 9.80 Å². The number of hydrogen-bond acceptors (Lipinski definition) is 6. The molecule has 0 bridgehead atoms. The molecule has 160 valence electrons. The molecule has 0 aliphatic carbocycles. The van der Waals surface area contributed by atoms with Crippen LogP contribution < -0.4 is 15.8 Å². The first-order valence-corrected chi connectivity index (χ1v) is 10.4. The van der Waals surface area contributed by atoms with Crippen molar-refractivity contribution in [3.63, 3.8) is 0 Å². The summed E-state index contributed by atoms with van der Waals surface area (Å²) in [7, 11) is 1.60. The second kappa shape index (κ2) is 9.17. The number of methoxy groups -OCH3 is 1. The number of rotatable bonds is 6. The third-order valence-electron chi connectivity index (χ3n) is 4.91. The Balaban J connectivity index is 1.77. The van der Waals surface area contributed by atoms with E-state index < -0.39 is 12.0 Å². The highest BCUT2D eigenvalue weighted by molar-refractivity contribution is 7.17. The predicted molar refractivity (Wildman–Crippen MR) is 114 cm³/mol. The van der Waals surface area contributed by atoms with Crippen molar-refractivity contribution in [1.82, 2.24) is 4.90 Å². The highest BCUT2D eigenvalue weighted by Crippen LogP contribution is 2.37. The van der Waals surface area contributed by atoms with E-state index in [0.29, 0.717) is 36.7 Å². The molecule has 0 atom stereocenters. The van der Waals surface area contributed by atoms with Crippen LogP contribution in [0.25, 0.3) is 0 Å². The quantitative estimate of drug-likeness (QED) is 0.731. The van der Waals surface area contributed by atoms with Crippen LogP contribution in [0.5, 0.6) is 5.75 Å². The van der Waals surface area contributed by atoms with Crippen LogP contribution >= 0.6 is 11.3 Å². The van der Waals surface area contributed by atoms with E-state index in [2.05, 4.69) is 5.32 Å². The minimum atomic E-state index is -0.590. The van der Waals surface area contributed by atoms with E-state index in [1.807, 2.05) is 25.1 Å². The molecule has 8 nitrogen and oxygen atoms in total. The van der Waals surface area contributed by atoms with E-state index in [4.69, 9.17) is 15.2 Å². The molecule has 2 aromatic rings. The number of fused-ring (bicyclic) bond motifs is 1. The van der Waals surface area contributed by atoms with Gasteiger partial charge < -0.3 is 25.4 Å². The van der Waals surface area contributed by atoms with E-state index in [9.17, 15) is 14.4 Å². The Hall–Kier alpha value is -3.07. The van der Waals surface area contributed by atoms with Crippen LogP contribution in [0.2, 0.25) is 0 Å². The fourth-order valence-corrected chi connectivity index (χ4v) is 4.81. The number of aryl methyl sites for hydroxylation is 1. The number of nitrogens with one attached hydrogen (secondary N) is 1.